The van der Waals surface area contributed by atoms with Crippen molar-refractivity contribution in [3.8, 4) is 11.8 Å². The zero-order chi connectivity index (χ0) is 15.5. The number of hydrogen-bond acceptors (Lipinski definition) is 4. The van der Waals surface area contributed by atoms with Crippen LogP contribution >= 0.6 is 0 Å². The summed E-state index contributed by atoms with van der Waals surface area (Å²) in [6, 6.07) is 13.6. The Kier molecular flexibility index (Phi) is 4.29. The molecular weight excluding hydrogens is 286 g/mol. The molecule has 0 saturated carbocycles. The van der Waals surface area contributed by atoms with Crippen LogP contribution < -0.4 is 4.74 Å². The smallest absolute Gasteiger partial charge is 0.182 e. The Morgan fingerprint density at radius 3 is 2.52 bits per heavy atom. The second-order valence-corrected chi connectivity index (χ2v) is 6.62. The highest BCUT2D eigenvalue weighted by Crippen LogP contribution is 2.26. The Morgan fingerprint density at radius 1 is 1.19 bits per heavy atom. The minimum atomic E-state index is -3.49. The molecule has 0 aliphatic heterocycles. The first-order valence-corrected chi connectivity index (χ1v) is 7.98. The maximum Gasteiger partial charge on any atom is 0.182 e. The standard InChI is InChI=1S/C16H15NO3S/c1-12-5-3-4-6-16(12)21(18,19)11-14-9-13(10-17)7-8-15(14)20-2/h3-9H,11H2,1-2H3. The van der Waals surface area contributed by atoms with Crippen LogP contribution in [0.2, 0.25) is 0 Å². The van der Waals surface area contributed by atoms with E-state index in [0.717, 1.165) is 0 Å². The number of benzene rings is 2. The van der Waals surface area contributed by atoms with Crippen molar-refractivity contribution in [3.63, 3.8) is 0 Å². The molecule has 2 rings (SSSR count). The first kappa shape index (κ1) is 15.1. The molecule has 4 nitrogen and oxygen atoms in total. The van der Waals surface area contributed by atoms with E-state index in [2.05, 4.69) is 0 Å². The van der Waals surface area contributed by atoms with Crippen LogP contribution in [-0.4, -0.2) is 15.5 Å². The predicted octanol–water partition coefficient (Wildman–Crippen LogP) is 2.85. The Hall–Kier alpha value is -2.32. The Bertz CT molecular complexity index is 805. The number of nitriles is 1. The van der Waals surface area contributed by atoms with Crippen molar-refractivity contribution < 1.29 is 13.2 Å². The molecule has 0 bridgehead atoms. The third kappa shape index (κ3) is 3.23. The van der Waals surface area contributed by atoms with Crippen LogP contribution in [0.4, 0.5) is 0 Å². The van der Waals surface area contributed by atoms with Gasteiger partial charge in [-0.2, -0.15) is 5.26 Å². The Balaban J connectivity index is 2.46. The van der Waals surface area contributed by atoms with E-state index in [-0.39, 0.29) is 5.75 Å². The molecule has 108 valence electrons. The lowest BCUT2D eigenvalue weighted by atomic mass is 10.1. The molecule has 0 amide bonds. The van der Waals surface area contributed by atoms with Crippen LogP contribution in [-0.2, 0) is 15.6 Å². The van der Waals surface area contributed by atoms with E-state index in [9.17, 15) is 8.42 Å². The second-order valence-electron chi connectivity index (χ2n) is 4.66. The molecule has 0 aliphatic carbocycles. The summed E-state index contributed by atoms with van der Waals surface area (Å²) in [7, 11) is -2.01. The summed E-state index contributed by atoms with van der Waals surface area (Å²) in [6.07, 6.45) is 0. The van der Waals surface area contributed by atoms with Crippen LogP contribution in [0.15, 0.2) is 47.4 Å². The second kappa shape index (κ2) is 5.98. The summed E-state index contributed by atoms with van der Waals surface area (Å²) in [6.45, 7) is 1.76. The van der Waals surface area contributed by atoms with Gasteiger partial charge in [-0.3, -0.25) is 0 Å². The number of nitrogens with zero attached hydrogens (tertiary/aromatic N) is 1. The molecule has 0 saturated heterocycles. The van der Waals surface area contributed by atoms with Gasteiger partial charge in [-0.25, -0.2) is 8.42 Å². The van der Waals surface area contributed by atoms with Gasteiger partial charge in [0.25, 0.3) is 0 Å². The molecule has 21 heavy (non-hydrogen) atoms. The van der Waals surface area contributed by atoms with Gasteiger partial charge >= 0.3 is 0 Å². The largest absolute Gasteiger partial charge is 0.496 e. The molecule has 0 aliphatic rings. The van der Waals surface area contributed by atoms with Gasteiger partial charge in [0.1, 0.15) is 5.75 Å². The molecule has 0 N–H and O–H groups in total. The first-order valence-electron chi connectivity index (χ1n) is 6.33. The zero-order valence-corrected chi connectivity index (χ0v) is 12.6. The highest BCUT2D eigenvalue weighted by molar-refractivity contribution is 7.90. The van der Waals surface area contributed by atoms with Gasteiger partial charge in [-0.15, -0.1) is 0 Å². The van der Waals surface area contributed by atoms with E-state index in [1.165, 1.54) is 7.11 Å². The number of aryl methyl sites for hydroxylation is 1. The quantitative estimate of drug-likeness (QED) is 0.871. The third-order valence-electron chi connectivity index (χ3n) is 3.18. The number of hydrogen-bond donors (Lipinski definition) is 0. The van der Waals surface area contributed by atoms with Gasteiger partial charge in [-0.05, 0) is 36.8 Å². The molecule has 0 aromatic heterocycles. The van der Waals surface area contributed by atoms with Gasteiger partial charge in [0.05, 0.1) is 29.4 Å². The molecule has 0 fully saturated rings. The number of methoxy groups -OCH3 is 1. The van der Waals surface area contributed by atoms with Crippen molar-refractivity contribution >= 4 is 9.84 Å². The maximum absolute atomic E-state index is 12.6. The first-order chi connectivity index (χ1) is 9.97. The Labute approximate surface area is 124 Å². The fraction of sp³-hybridized carbons (Fsp3) is 0.188. The lowest BCUT2D eigenvalue weighted by molar-refractivity contribution is 0.411. The summed E-state index contributed by atoms with van der Waals surface area (Å²) >= 11 is 0. The van der Waals surface area contributed by atoms with Crippen molar-refractivity contribution in [3.05, 3.63) is 59.2 Å². The van der Waals surface area contributed by atoms with E-state index >= 15 is 0 Å². The molecule has 0 unspecified atom stereocenters. The molecular formula is C16H15NO3S. The Morgan fingerprint density at radius 2 is 1.90 bits per heavy atom. The van der Waals surface area contributed by atoms with Crippen LogP contribution in [0.5, 0.6) is 5.75 Å². The maximum atomic E-state index is 12.6. The van der Waals surface area contributed by atoms with Crippen molar-refractivity contribution in [1.29, 1.82) is 5.26 Å². The van der Waals surface area contributed by atoms with Crippen molar-refractivity contribution in [1.82, 2.24) is 0 Å². The van der Waals surface area contributed by atoms with E-state index in [1.54, 1.807) is 49.4 Å². The average Bonchev–Trinajstić information content (AvgIpc) is 2.47. The van der Waals surface area contributed by atoms with Crippen LogP contribution in [0.3, 0.4) is 0 Å². The number of rotatable bonds is 4. The van der Waals surface area contributed by atoms with Crippen LogP contribution in [0.25, 0.3) is 0 Å². The van der Waals surface area contributed by atoms with Gasteiger partial charge in [0.15, 0.2) is 9.84 Å². The van der Waals surface area contributed by atoms with Crippen LogP contribution in [0, 0.1) is 18.3 Å². The molecule has 0 spiro atoms. The van der Waals surface area contributed by atoms with Crippen molar-refractivity contribution in [2.75, 3.05) is 7.11 Å². The van der Waals surface area contributed by atoms with Gasteiger partial charge in [-0.1, -0.05) is 18.2 Å². The third-order valence-corrected chi connectivity index (χ3v) is 5.00. The minimum absolute atomic E-state index is 0.198. The highest BCUT2D eigenvalue weighted by atomic mass is 32.2. The summed E-state index contributed by atoms with van der Waals surface area (Å²) < 4.78 is 30.3. The molecule has 0 heterocycles. The number of sulfone groups is 1. The molecule has 2 aromatic carbocycles. The van der Waals surface area contributed by atoms with Crippen molar-refractivity contribution in [2.45, 2.75) is 17.6 Å². The molecule has 5 heteroatoms. The number of ether oxygens (including phenoxy) is 1. The monoisotopic (exact) mass is 301 g/mol. The lowest BCUT2D eigenvalue weighted by Crippen LogP contribution is -2.08. The fourth-order valence-electron chi connectivity index (χ4n) is 2.15. The van der Waals surface area contributed by atoms with Gasteiger partial charge in [0, 0.05) is 5.56 Å². The lowest BCUT2D eigenvalue weighted by Gasteiger charge is -2.11. The normalized spacial score (nSPS) is 10.9. The topological polar surface area (TPSA) is 67.2 Å². The average molecular weight is 301 g/mol. The summed E-state index contributed by atoms with van der Waals surface area (Å²) in [4.78, 5) is 0.300. The highest BCUT2D eigenvalue weighted by Gasteiger charge is 2.20. The van der Waals surface area contributed by atoms with Crippen molar-refractivity contribution in [2.24, 2.45) is 0 Å². The summed E-state index contributed by atoms with van der Waals surface area (Å²) in [5.74, 6) is 0.266. The summed E-state index contributed by atoms with van der Waals surface area (Å²) in [5, 5.41) is 8.94. The van der Waals surface area contributed by atoms with E-state index < -0.39 is 9.84 Å². The fourth-order valence-corrected chi connectivity index (χ4v) is 3.78. The van der Waals surface area contributed by atoms with E-state index in [1.807, 2.05) is 6.07 Å². The van der Waals surface area contributed by atoms with Gasteiger partial charge < -0.3 is 4.74 Å². The molecule has 2 aromatic rings. The predicted molar refractivity (Wildman–Crippen MR) is 79.8 cm³/mol. The minimum Gasteiger partial charge on any atom is -0.496 e. The van der Waals surface area contributed by atoms with E-state index in [0.29, 0.717) is 27.3 Å². The zero-order valence-electron chi connectivity index (χ0n) is 11.8. The SMILES string of the molecule is COc1ccc(C#N)cc1CS(=O)(=O)c1ccccc1C. The van der Waals surface area contributed by atoms with Crippen LogP contribution in [0.1, 0.15) is 16.7 Å². The summed E-state index contributed by atoms with van der Waals surface area (Å²) in [5.41, 5.74) is 1.60. The van der Waals surface area contributed by atoms with Gasteiger partial charge in [0.2, 0.25) is 0 Å². The molecule has 0 radical (unpaired) electrons. The molecule has 0 atom stereocenters. The van der Waals surface area contributed by atoms with E-state index in [4.69, 9.17) is 10.00 Å².